The van der Waals surface area contributed by atoms with Gasteiger partial charge in [-0.05, 0) is 42.3 Å². The van der Waals surface area contributed by atoms with Gasteiger partial charge >= 0.3 is 6.03 Å². The Kier molecular flexibility index (Phi) is 5.88. The van der Waals surface area contributed by atoms with Gasteiger partial charge in [-0.15, -0.1) is 0 Å². The van der Waals surface area contributed by atoms with Crippen LogP contribution in [0.25, 0.3) is 10.9 Å². The average molecular weight is 419 g/mol. The summed E-state index contributed by atoms with van der Waals surface area (Å²) < 4.78 is 0. The van der Waals surface area contributed by atoms with Crippen molar-refractivity contribution in [3.8, 4) is 0 Å². The lowest BCUT2D eigenvalue weighted by Gasteiger charge is -2.27. The molecule has 0 saturated heterocycles. The third-order valence-electron chi connectivity index (χ3n) is 5.29. The molecule has 0 unspecified atom stereocenters. The second kappa shape index (κ2) is 8.91. The summed E-state index contributed by atoms with van der Waals surface area (Å²) in [6.45, 7) is 2.87. The van der Waals surface area contributed by atoms with E-state index in [2.05, 4.69) is 27.0 Å². The number of rotatable bonds is 5. The number of urea groups is 1. The molecule has 1 aliphatic heterocycles. The number of carbonyl (C=O) groups is 3. The van der Waals surface area contributed by atoms with Crippen molar-refractivity contribution in [2.24, 2.45) is 0 Å². The van der Waals surface area contributed by atoms with E-state index < -0.39 is 0 Å². The van der Waals surface area contributed by atoms with Gasteiger partial charge in [-0.2, -0.15) is 0 Å². The Morgan fingerprint density at radius 2 is 1.71 bits per heavy atom. The number of para-hydroxylation sites is 1. The fourth-order valence-electron chi connectivity index (χ4n) is 3.82. The van der Waals surface area contributed by atoms with Crippen molar-refractivity contribution in [1.29, 1.82) is 0 Å². The number of hydrogen-bond acceptors (Lipinski definition) is 3. The molecule has 0 fully saturated rings. The van der Waals surface area contributed by atoms with Crippen LogP contribution in [0.5, 0.6) is 0 Å². The molecule has 0 bridgehead atoms. The molecule has 0 spiro atoms. The van der Waals surface area contributed by atoms with Crippen molar-refractivity contribution in [3.63, 3.8) is 0 Å². The highest BCUT2D eigenvalue weighted by Crippen LogP contribution is 2.27. The van der Waals surface area contributed by atoms with Gasteiger partial charge in [0.2, 0.25) is 11.8 Å². The first-order chi connectivity index (χ1) is 15.0. The number of fused-ring (bicyclic) bond motifs is 3. The molecule has 4 N–H and O–H groups in total. The van der Waals surface area contributed by atoms with Crippen molar-refractivity contribution in [3.05, 3.63) is 59.8 Å². The molecule has 31 heavy (non-hydrogen) atoms. The number of carbonyl (C=O) groups excluding carboxylic acids is 3. The molecule has 0 saturated carbocycles. The molecule has 4 rings (SSSR count). The van der Waals surface area contributed by atoms with E-state index in [1.165, 1.54) is 17.9 Å². The summed E-state index contributed by atoms with van der Waals surface area (Å²) in [5, 5.41) is 9.50. The molecule has 0 atom stereocenters. The molecular formula is C23H25N5O3. The van der Waals surface area contributed by atoms with E-state index in [1.807, 2.05) is 18.2 Å². The van der Waals surface area contributed by atoms with Gasteiger partial charge in [-0.1, -0.05) is 18.2 Å². The standard InChI is InChI=1S/C23H25N5O3/c1-15(29)25-16-6-8-17(9-7-16)26-22(30)10-12-24-23(31)28-13-11-19-18-4-2-3-5-20(18)27-21(19)14-28/h2-9,27H,10-14H2,1H3,(H,24,31)(H,25,29)(H,26,30). The van der Waals surface area contributed by atoms with Crippen LogP contribution in [0.1, 0.15) is 24.6 Å². The average Bonchev–Trinajstić information content (AvgIpc) is 3.12. The number of nitrogens with zero attached hydrogens (tertiary/aromatic N) is 1. The molecule has 2 heterocycles. The van der Waals surface area contributed by atoms with Gasteiger partial charge in [-0.3, -0.25) is 9.59 Å². The number of benzene rings is 2. The van der Waals surface area contributed by atoms with Crippen molar-refractivity contribution < 1.29 is 14.4 Å². The summed E-state index contributed by atoms with van der Waals surface area (Å²) in [5.41, 5.74) is 4.74. The Hall–Kier alpha value is -3.81. The molecule has 1 aliphatic rings. The van der Waals surface area contributed by atoms with Gasteiger partial charge in [0.25, 0.3) is 0 Å². The zero-order valence-corrected chi connectivity index (χ0v) is 17.3. The summed E-state index contributed by atoms with van der Waals surface area (Å²) in [5.74, 6) is -0.342. The predicted molar refractivity (Wildman–Crippen MR) is 120 cm³/mol. The molecule has 8 heteroatoms. The lowest BCUT2D eigenvalue weighted by atomic mass is 10.0. The topological polar surface area (TPSA) is 106 Å². The minimum Gasteiger partial charge on any atom is -0.357 e. The zero-order chi connectivity index (χ0) is 21.8. The zero-order valence-electron chi connectivity index (χ0n) is 17.3. The number of nitrogens with one attached hydrogen (secondary N) is 4. The number of hydrogen-bond donors (Lipinski definition) is 4. The Balaban J connectivity index is 1.24. The van der Waals surface area contributed by atoms with Crippen molar-refractivity contribution in [2.75, 3.05) is 23.7 Å². The quantitative estimate of drug-likeness (QED) is 0.510. The highest BCUT2D eigenvalue weighted by molar-refractivity contribution is 5.92. The first kappa shape index (κ1) is 20.5. The molecule has 4 amide bonds. The lowest BCUT2D eigenvalue weighted by molar-refractivity contribution is -0.116. The van der Waals surface area contributed by atoms with Gasteiger partial charge < -0.3 is 25.8 Å². The van der Waals surface area contributed by atoms with E-state index in [0.717, 1.165) is 17.6 Å². The predicted octanol–water partition coefficient (Wildman–Crippen LogP) is 3.22. The van der Waals surface area contributed by atoms with E-state index in [4.69, 9.17) is 0 Å². The minimum absolute atomic E-state index is 0.151. The van der Waals surface area contributed by atoms with Crippen molar-refractivity contribution >= 4 is 40.1 Å². The molecular weight excluding hydrogens is 394 g/mol. The Morgan fingerprint density at radius 3 is 2.45 bits per heavy atom. The summed E-state index contributed by atoms with van der Waals surface area (Å²) in [4.78, 5) is 40.9. The summed E-state index contributed by atoms with van der Waals surface area (Å²) in [7, 11) is 0. The largest absolute Gasteiger partial charge is 0.357 e. The smallest absolute Gasteiger partial charge is 0.317 e. The van der Waals surface area contributed by atoms with Gasteiger partial charge in [0.15, 0.2) is 0 Å². The maximum atomic E-state index is 12.5. The van der Waals surface area contributed by atoms with Crippen LogP contribution in [0, 0.1) is 0 Å². The van der Waals surface area contributed by atoms with E-state index in [9.17, 15) is 14.4 Å². The van der Waals surface area contributed by atoms with Crippen LogP contribution in [-0.2, 0) is 22.6 Å². The Labute approximate surface area is 180 Å². The molecule has 0 aliphatic carbocycles. The number of anilines is 2. The molecule has 160 valence electrons. The summed E-state index contributed by atoms with van der Waals surface area (Å²) in [6.07, 6.45) is 0.979. The van der Waals surface area contributed by atoms with Crippen molar-refractivity contribution in [2.45, 2.75) is 26.3 Å². The maximum absolute atomic E-state index is 12.5. The number of H-pyrrole nitrogens is 1. The summed E-state index contributed by atoms with van der Waals surface area (Å²) in [6, 6.07) is 14.9. The molecule has 1 aromatic heterocycles. The monoisotopic (exact) mass is 419 g/mol. The molecule has 3 aromatic rings. The van der Waals surface area contributed by atoms with Crippen LogP contribution in [0.15, 0.2) is 48.5 Å². The van der Waals surface area contributed by atoms with Gasteiger partial charge in [-0.25, -0.2) is 4.79 Å². The van der Waals surface area contributed by atoms with Crippen molar-refractivity contribution in [1.82, 2.24) is 15.2 Å². The highest BCUT2D eigenvalue weighted by Gasteiger charge is 2.23. The van der Waals surface area contributed by atoms with Gasteiger partial charge in [0.1, 0.15) is 0 Å². The highest BCUT2D eigenvalue weighted by atomic mass is 16.2. The van der Waals surface area contributed by atoms with Gasteiger partial charge in [0.05, 0.1) is 6.54 Å². The van der Waals surface area contributed by atoms with E-state index in [1.54, 1.807) is 29.2 Å². The molecule has 2 aromatic carbocycles. The maximum Gasteiger partial charge on any atom is 0.317 e. The normalized spacial score (nSPS) is 12.9. The van der Waals surface area contributed by atoms with Crippen LogP contribution in [0.4, 0.5) is 16.2 Å². The summed E-state index contributed by atoms with van der Waals surface area (Å²) >= 11 is 0. The lowest BCUT2D eigenvalue weighted by Crippen LogP contribution is -2.43. The molecule has 0 radical (unpaired) electrons. The van der Waals surface area contributed by atoms with Crippen LogP contribution in [0.2, 0.25) is 0 Å². The fourth-order valence-corrected chi connectivity index (χ4v) is 3.82. The number of aromatic amines is 1. The van der Waals surface area contributed by atoms with E-state index >= 15 is 0 Å². The Morgan fingerprint density at radius 1 is 1.00 bits per heavy atom. The van der Waals surface area contributed by atoms with Gasteiger partial charge in [0, 0.05) is 54.4 Å². The second-order valence-corrected chi connectivity index (χ2v) is 7.59. The Bertz CT molecular complexity index is 1120. The number of aromatic nitrogens is 1. The minimum atomic E-state index is -0.191. The van der Waals surface area contributed by atoms with Crippen LogP contribution >= 0.6 is 0 Å². The molecule has 8 nitrogen and oxygen atoms in total. The number of amides is 4. The third-order valence-corrected chi connectivity index (χ3v) is 5.29. The van der Waals surface area contributed by atoms with Crippen LogP contribution in [-0.4, -0.2) is 40.8 Å². The first-order valence-electron chi connectivity index (χ1n) is 10.3. The van der Waals surface area contributed by atoms with Crippen LogP contribution < -0.4 is 16.0 Å². The fraction of sp³-hybridized carbons (Fsp3) is 0.261. The van der Waals surface area contributed by atoms with E-state index in [0.29, 0.717) is 24.5 Å². The SMILES string of the molecule is CC(=O)Nc1ccc(NC(=O)CCNC(=O)N2CCc3c([nH]c4ccccc34)C2)cc1. The first-order valence-corrected chi connectivity index (χ1v) is 10.3. The second-order valence-electron chi connectivity index (χ2n) is 7.59. The third kappa shape index (κ3) is 4.85. The van der Waals surface area contributed by atoms with E-state index in [-0.39, 0.29) is 30.8 Å². The van der Waals surface area contributed by atoms with Crippen LogP contribution in [0.3, 0.4) is 0 Å².